The van der Waals surface area contributed by atoms with E-state index in [1.807, 2.05) is 31.6 Å². The lowest BCUT2D eigenvalue weighted by Crippen LogP contribution is -2.12. The van der Waals surface area contributed by atoms with Gasteiger partial charge in [-0.25, -0.2) is 0 Å². The highest BCUT2D eigenvalue weighted by atomic mass is 79.9. The number of aryl methyl sites for hydroxylation is 1. The number of hydrogen-bond acceptors (Lipinski definition) is 3. The predicted molar refractivity (Wildman–Crippen MR) is 74.4 cm³/mol. The van der Waals surface area contributed by atoms with Crippen molar-refractivity contribution in [3.8, 4) is 5.75 Å². The molecule has 1 N–H and O–H groups in total. The first kappa shape index (κ1) is 13.1. The molecule has 96 valence electrons. The molecule has 5 heteroatoms. The minimum absolute atomic E-state index is 0.805. The van der Waals surface area contributed by atoms with Gasteiger partial charge in [0.15, 0.2) is 0 Å². The molecule has 1 heterocycles. The standard InChI is InChI=1S/C13H16BrN3O/c1-17-9-10(7-16-17)6-15-8-11-3-4-12(18-2)5-13(11)14/h3-5,7,9,15H,6,8H2,1-2H3. The van der Waals surface area contributed by atoms with Crippen LogP contribution in [0.1, 0.15) is 11.1 Å². The van der Waals surface area contributed by atoms with Crippen molar-refractivity contribution in [3.05, 3.63) is 46.2 Å². The monoisotopic (exact) mass is 309 g/mol. The van der Waals surface area contributed by atoms with Crippen LogP contribution in [0.15, 0.2) is 35.1 Å². The lowest BCUT2D eigenvalue weighted by molar-refractivity contribution is 0.414. The quantitative estimate of drug-likeness (QED) is 0.922. The van der Waals surface area contributed by atoms with E-state index in [9.17, 15) is 0 Å². The lowest BCUT2D eigenvalue weighted by atomic mass is 10.2. The Hall–Kier alpha value is -1.33. The Morgan fingerprint density at radius 2 is 2.22 bits per heavy atom. The second-order valence-corrected chi connectivity index (χ2v) is 4.94. The fraction of sp³-hybridized carbons (Fsp3) is 0.308. The van der Waals surface area contributed by atoms with E-state index in [1.54, 1.807) is 11.8 Å². The topological polar surface area (TPSA) is 39.1 Å². The number of aromatic nitrogens is 2. The van der Waals surface area contributed by atoms with Gasteiger partial charge in [-0.05, 0) is 17.7 Å². The van der Waals surface area contributed by atoms with Gasteiger partial charge < -0.3 is 10.1 Å². The van der Waals surface area contributed by atoms with Gasteiger partial charge in [0.05, 0.1) is 13.3 Å². The number of methoxy groups -OCH3 is 1. The van der Waals surface area contributed by atoms with Crippen LogP contribution < -0.4 is 10.1 Å². The summed E-state index contributed by atoms with van der Waals surface area (Å²) in [5.74, 6) is 0.859. The van der Waals surface area contributed by atoms with Gasteiger partial charge in [0, 0.05) is 36.4 Å². The molecule has 0 unspecified atom stereocenters. The normalized spacial score (nSPS) is 10.6. The number of nitrogens with zero attached hydrogens (tertiary/aromatic N) is 2. The largest absolute Gasteiger partial charge is 0.497 e. The van der Waals surface area contributed by atoms with Crippen molar-refractivity contribution < 1.29 is 4.74 Å². The molecule has 18 heavy (non-hydrogen) atoms. The minimum atomic E-state index is 0.805. The Labute approximate surface area is 115 Å². The molecule has 2 aromatic rings. The van der Waals surface area contributed by atoms with Gasteiger partial charge in [-0.3, -0.25) is 4.68 Å². The predicted octanol–water partition coefficient (Wildman–Crippen LogP) is 2.48. The Morgan fingerprint density at radius 3 is 2.83 bits per heavy atom. The van der Waals surface area contributed by atoms with Gasteiger partial charge in [0.25, 0.3) is 0 Å². The van der Waals surface area contributed by atoms with Gasteiger partial charge in [-0.15, -0.1) is 0 Å². The van der Waals surface area contributed by atoms with E-state index in [0.29, 0.717) is 0 Å². The second-order valence-electron chi connectivity index (χ2n) is 4.08. The zero-order valence-corrected chi connectivity index (χ0v) is 12.1. The van der Waals surface area contributed by atoms with Crippen molar-refractivity contribution in [3.63, 3.8) is 0 Å². The van der Waals surface area contributed by atoms with Crippen LogP contribution in [-0.4, -0.2) is 16.9 Å². The summed E-state index contributed by atoms with van der Waals surface area (Å²) in [4.78, 5) is 0. The average molecular weight is 310 g/mol. The van der Waals surface area contributed by atoms with Crippen molar-refractivity contribution >= 4 is 15.9 Å². The zero-order chi connectivity index (χ0) is 13.0. The molecule has 0 saturated heterocycles. The molecule has 0 atom stereocenters. The Bertz CT molecular complexity index is 525. The molecule has 2 rings (SSSR count). The molecule has 0 amide bonds. The van der Waals surface area contributed by atoms with E-state index in [2.05, 4.69) is 32.4 Å². The summed E-state index contributed by atoms with van der Waals surface area (Å²) in [6.07, 6.45) is 3.88. The highest BCUT2D eigenvalue weighted by Gasteiger charge is 2.02. The van der Waals surface area contributed by atoms with Gasteiger partial charge in [0.2, 0.25) is 0 Å². The van der Waals surface area contributed by atoms with Crippen molar-refractivity contribution in [1.29, 1.82) is 0 Å². The maximum absolute atomic E-state index is 5.17. The van der Waals surface area contributed by atoms with Crippen LogP contribution in [0.5, 0.6) is 5.75 Å². The van der Waals surface area contributed by atoms with E-state index in [-0.39, 0.29) is 0 Å². The number of hydrogen-bond donors (Lipinski definition) is 1. The first-order valence-corrected chi connectivity index (χ1v) is 6.49. The second kappa shape index (κ2) is 6.02. The molecule has 0 saturated carbocycles. The molecule has 0 radical (unpaired) electrons. The first-order chi connectivity index (χ1) is 8.69. The molecule has 0 aliphatic carbocycles. The highest BCUT2D eigenvalue weighted by molar-refractivity contribution is 9.10. The summed E-state index contributed by atoms with van der Waals surface area (Å²) in [6, 6.07) is 5.99. The lowest BCUT2D eigenvalue weighted by Gasteiger charge is -2.07. The van der Waals surface area contributed by atoms with Crippen LogP contribution in [0.2, 0.25) is 0 Å². The van der Waals surface area contributed by atoms with Crippen LogP contribution in [0.3, 0.4) is 0 Å². The number of rotatable bonds is 5. The van der Waals surface area contributed by atoms with E-state index in [4.69, 9.17) is 4.74 Å². The number of ether oxygens (including phenoxy) is 1. The van der Waals surface area contributed by atoms with E-state index in [0.717, 1.165) is 23.3 Å². The van der Waals surface area contributed by atoms with Gasteiger partial charge >= 0.3 is 0 Å². The summed E-state index contributed by atoms with van der Waals surface area (Å²) in [5.41, 5.74) is 2.39. The number of nitrogens with one attached hydrogen (secondary N) is 1. The average Bonchev–Trinajstić information content (AvgIpc) is 2.77. The Kier molecular flexibility index (Phi) is 4.38. The molecular formula is C13H16BrN3O. The summed E-state index contributed by atoms with van der Waals surface area (Å²) >= 11 is 3.54. The van der Waals surface area contributed by atoms with Crippen LogP contribution >= 0.6 is 15.9 Å². The summed E-state index contributed by atoms with van der Waals surface area (Å²) < 4.78 is 8.03. The summed E-state index contributed by atoms with van der Waals surface area (Å²) in [6.45, 7) is 1.62. The third-order valence-corrected chi connectivity index (χ3v) is 3.40. The molecular weight excluding hydrogens is 294 g/mol. The zero-order valence-electron chi connectivity index (χ0n) is 10.5. The van der Waals surface area contributed by atoms with Gasteiger partial charge in [-0.1, -0.05) is 22.0 Å². The number of benzene rings is 1. The smallest absolute Gasteiger partial charge is 0.120 e. The van der Waals surface area contributed by atoms with Crippen molar-refractivity contribution in [2.24, 2.45) is 7.05 Å². The van der Waals surface area contributed by atoms with Crippen LogP contribution in [0.25, 0.3) is 0 Å². The first-order valence-electron chi connectivity index (χ1n) is 5.69. The van der Waals surface area contributed by atoms with Crippen LogP contribution in [0.4, 0.5) is 0 Å². The molecule has 0 aliphatic rings. The van der Waals surface area contributed by atoms with Crippen LogP contribution in [-0.2, 0) is 20.1 Å². The fourth-order valence-corrected chi connectivity index (χ4v) is 2.20. The Balaban J connectivity index is 1.90. The van der Waals surface area contributed by atoms with E-state index < -0.39 is 0 Å². The third-order valence-electron chi connectivity index (χ3n) is 2.66. The molecule has 1 aromatic carbocycles. The fourth-order valence-electron chi connectivity index (χ4n) is 1.70. The maximum Gasteiger partial charge on any atom is 0.120 e. The number of halogens is 1. The Morgan fingerprint density at radius 1 is 1.39 bits per heavy atom. The molecule has 0 fully saturated rings. The molecule has 1 aromatic heterocycles. The van der Waals surface area contributed by atoms with E-state index in [1.165, 1.54) is 11.1 Å². The van der Waals surface area contributed by atoms with Crippen molar-refractivity contribution in [2.45, 2.75) is 13.1 Å². The maximum atomic E-state index is 5.17. The van der Waals surface area contributed by atoms with Crippen molar-refractivity contribution in [2.75, 3.05) is 7.11 Å². The molecule has 0 aliphatic heterocycles. The van der Waals surface area contributed by atoms with Gasteiger partial charge in [-0.2, -0.15) is 5.10 Å². The van der Waals surface area contributed by atoms with Crippen LogP contribution in [0, 0.1) is 0 Å². The minimum Gasteiger partial charge on any atom is -0.497 e. The SMILES string of the molecule is COc1ccc(CNCc2cnn(C)c2)c(Br)c1. The third kappa shape index (κ3) is 3.34. The molecule has 4 nitrogen and oxygen atoms in total. The van der Waals surface area contributed by atoms with Gasteiger partial charge in [0.1, 0.15) is 5.75 Å². The molecule has 0 bridgehead atoms. The van der Waals surface area contributed by atoms with Crippen molar-refractivity contribution in [1.82, 2.24) is 15.1 Å². The van der Waals surface area contributed by atoms with E-state index >= 15 is 0 Å². The highest BCUT2D eigenvalue weighted by Crippen LogP contribution is 2.22. The summed E-state index contributed by atoms with van der Waals surface area (Å²) in [5, 5.41) is 7.52. The summed E-state index contributed by atoms with van der Waals surface area (Å²) in [7, 11) is 3.59. The molecule has 0 spiro atoms.